The van der Waals surface area contributed by atoms with Gasteiger partial charge >= 0.3 is 29.2 Å². The molecule has 0 saturated carbocycles. The Morgan fingerprint density at radius 1 is 0.718 bits per heavy atom. The maximum Gasteiger partial charge on any atom is 0.490 e. The number of unbranched alkanes of at least 4 members (excludes halogenated alkanes) is 6. The standard InChI is InChI=1S/C55H81N6O21P3/c1-6-7-32-59-52(66)41-18-20-43(21-19-41)55(44-22-26-46(76-4)27-23-44,45-24-28-47(77-5)29-25-45)78-36-14-9-8-12-33-56-50(64)30-31-51(65)57-34-13-10-11-17-49(63)58-35-15-16-42-37-61(54(68)60-53(42)67)40(3)80-48(39(2)62)38-79-84(72,73)82-85(74,75)81-83(69,70)71/h15,18,20,22-29,35,37,39-40,48,62H,6-14,16-17,19,21,30-34,36,38H2,1-5H3,(H,56,64)(H,57,65)(H,58,63)(H,59,66)(H,72,73)(H,74,75)(H,60,67,68)(H2,69,70,71)/b35-15+/t39?,40?,48-/m1/s1. The quantitative estimate of drug-likeness (QED) is 0.0230. The topological polar surface area (TPSA) is 388 Å². The Balaban J connectivity index is 1.13. The lowest BCUT2D eigenvalue weighted by Gasteiger charge is -2.39. The van der Waals surface area contributed by atoms with Crippen molar-refractivity contribution in [3.05, 3.63) is 128 Å². The van der Waals surface area contributed by atoms with Crippen molar-refractivity contribution in [2.75, 3.05) is 47.1 Å². The van der Waals surface area contributed by atoms with Crippen LogP contribution in [0.1, 0.15) is 134 Å². The van der Waals surface area contributed by atoms with Crippen molar-refractivity contribution in [2.24, 2.45) is 0 Å². The Kier molecular flexibility index (Phi) is 30.0. The highest BCUT2D eigenvalue weighted by atomic mass is 31.3. The molecule has 0 saturated heterocycles. The largest absolute Gasteiger partial charge is 0.497 e. The molecular formula is C55H81N6O21P3. The first-order valence-corrected chi connectivity index (χ1v) is 32.4. The molecule has 0 bridgehead atoms. The SMILES string of the molecule is CCCCNC(=O)C1=CC=C(C(OCCCCCCNC(=O)CCC(=O)NCCCCCC(=O)N/C=C/Cc2cn(C(C)O[C@H](COP(=O)(O)OP(=O)(O)OP(=O)(O)O)C(C)O)c(=O)[nH]c2=O)(c2ccc(OC)cc2)c2ccc(OC)cc2)CC1. The number of aliphatic hydroxyl groups excluding tert-OH is 1. The van der Waals surface area contributed by atoms with Crippen LogP contribution in [0.15, 0.2) is 99.9 Å². The molecule has 1 heterocycles. The van der Waals surface area contributed by atoms with Gasteiger partial charge in [0.05, 0.1) is 26.9 Å². The third-order valence-electron chi connectivity index (χ3n) is 13.3. The fraction of sp³-hybridized carbons (Fsp3) is 0.527. The molecule has 85 heavy (non-hydrogen) atoms. The number of hydrogen-bond acceptors (Lipinski definition) is 17. The van der Waals surface area contributed by atoms with Crippen LogP contribution < -0.4 is 42.0 Å². The van der Waals surface area contributed by atoms with Gasteiger partial charge in [0, 0.05) is 69.0 Å². The van der Waals surface area contributed by atoms with E-state index in [4.69, 9.17) is 28.7 Å². The van der Waals surface area contributed by atoms with Gasteiger partial charge in [0.25, 0.3) is 5.56 Å². The molecule has 472 valence electrons. The van der Waals surface area contributed by atoms with Gasteiger partial charge in [-0.05, 0) is 106 Å². The Bertz CT molecular complexity index is 2970. The highest BCUT2D eigenvalue weighted by molar-refractivity contribution is 7.66. The average Bonchev–Trinajstić information content (AvgIpc) is 1.68. The molecule has 0 aliphatic heterocycles. The Labute approximate surface area is 493 Å². The van der Waals surface area contributed by atoms with Crippen molar-refractivity contribution in [3.8, 4) is 11.5 Å². The van der Waals surface area contributed by atoms with Crippen LogP contribution in [0.2, 0.25) is 0 Å². The highest BCUT2D eigenvalue weighted by Crippen LogP contribution is 2.66. The predicted molar refractivity (Wildman–Crippen MR) is 312 cm³/mol. The number of hydrogen-bond donors (Lipinski definition) is 10. The van der Waals surface area contributed by atoms with Crippen molar-refractivity contribution < 1.29 is 89.6 Å². The van der Waals surface area contributed by atoms with Crippen molar-refractivity contribution >= 4 is 47.1 Å². The molecule has 4 amide bonds. The van der Waals surface area contributed by atoms with Crippen LogP contribution in [0.25, 0.3) is 0 Å². The van der Waals surface area contributed by atoms with Gasteiger partial charge in [-0.25, -0.2) is 18.5 Å². The molecule has 0 fully saturated rings. The molecule has 4 unspecified atom stereocenters. The van der Waals surface area contributed by atoms with Gasteiger partial charge in [-0.15, -0.1) is 0 Å². The third-order valence-corrected chi connectivity index (χ3v) is 17.1. The van der Waals surface area contributed by atoms with E-state index in [1.165, 1.54) is 19.2 Å². The number of allylic oxidation sites excluding steroid dienone is 3. The Hall–Kier alpha value is -5.89. The first-order chi connectivity index (χ1) is 40.3. The molecule has 5 atom stereocenters. The van der Waals surface area contributed by atoms with Gasteiger partial charge in [0.2, 0.25) is 23.6 Å². The van der Waals surface area contributed by atoms with Crippen molar-refractivity contribution in [3.63, 3.8) is 0 Å². The lowest BCUT2D eigenvalue weighted by atomic mass is 9.75. The molecule has 4 rings (SSSR count). The lowest BCUT2D eigenvalue weighted by molar-refractivity contribution is -0.126. The summed E-state index contributed by atoms with van der Waals surface area (Å²) in [5, 5.41) is 21.5. The zero-order valence-electron chi connectivity index (χ0n) is 48.4. The van der Waals surface area contributed by atoms with Crippen LogP contribution in [0.3, 0.4) is 0 Å². The summed E-state index contributed by atoms with van der Waals surface area (Å²) >= 11 is 0. The number of carbonyl (C=O) groups excluding carboxylic acids is 4. The Morgan fingerprint density at radius 3 is 1.84 bits per heavy atom. The van der Waals surface area contributed by atoms with Crippen molar-refractivity contribution in [2.45, 2.75) is 141 Å². The number of nitrogens with zero attached hydrogens (tertiary/aromatic N) is 1. The second-order valence-electron chi connectivity index (χ2n) is 19.8. The number of phosphoric acid groups is 3. The number of carbonyl (C=O) groups is 4. The second-order valence-corrected chi connectivity index (χ2v) is 24.2. The van der Waals surface area contributed by atoms with Crippen molar-refractivity contribution in [1.29, 1.82) is 0 Å². The molecule has 30 heteroatoms. The summed E-state index contributed by atoms with van der Waals surface area (Å²) in [6.45, 7) is 5.44. The molecule has 1 aromatic heterocycles. The molecule has 27 nitrogen and oxygen atoms in total. The maximum absolute atomic E-state index is 13.0. The third kappa shape index (κ3) is 25.2. The zero-order chi connectivity index (χ0) is 62.6. The molecular weight excluding hydrogens is 1170 g/mol. The number of nitrogens with one attached hydrogen (secondary N) is 5. The normalized spacial score (nSPS) is 15.3. The van der Waals surface area contributed by atoms with E-state index in [-0.39, 0.29) is 54.9 Å². The van der Waals surface area contributed by atoms with Gasteiger partial charge in [-0.1, -0.05) is 75.1 Å². The zero-order valence-corrected chi connectivity index (χ0v) is 51.1. The van der Waals surface area contributed by atoms with E-state index in [0.29, 0.717) is 69.8 Å². The van der Waals surface area contributed by atoms with E-state index >= 15 is 0 Å². The minimum Gasteiger partial charge on any atom is -0.497 e. The summed E-state index contributed by atoms with van der Waals surface area (Å²) in [5.41, 5.74) is 0.975. The van der Waals surface area contributed by atoms with Gasteiger partial charge in [0.1, 0.15) is 29.4 Å². The number of H-pyrrole nitrogens is 1. The van der Waals surface area contributed by atoms with E-state index in [0.717, 1.165) is 78.5 Å². The molecule has 10 N–H and O–H groups in total. The van der Waals surface area contributed by atoms with Gasteiger partial charge in [0.15, 0.2) is 0 Å². The fourth-order valence-electron chi connectivity index (χ4n) is 8.75. The minimum absolute atomic E-state index is 0.0256. The van der Waals surface area contributed by atoms with E-state index in [2.05, 4.69) is 46.3 Å². The smallest absolute Gasteiger partial charge is 0.490 e. The van der Waals surface area contributed by atoms with Crippen LogP contribution >= 0.6 is 23.5 Å². The molecule has 0 spiro atoms. The first-order valence-electron chi connectivity index (χ1n) is 27.9. The van der Waals surface area contributed by atoms with E-state index in [1.54, 1.807) is 14.2 Å². The monoisotopic (exact) mass is 1250 g/mol. The summed E-state index contributed by atoms with van der Waals surface area (Å²) in [7, 11) is -13.8. The summed E-state index contributed by atoms with van der Waals surface area (Å²) in [6, 6.07) is 15.7. The average molecular weight is 1260 g/mol. The summed E-state index contributed by atoms with van der Waals surface area (Å²) < 4.78 is 71.0. The van der Waals surface area contributed by atoms with Gasteiger partial charge < -0.3 is 64.9 Å². The molecule has 0 radical (unpaired) electrons. The number of aromatic nitrogens is 2. The number of methoxy groups -OCH3 is 2. The van der Waals surface area contributed by atoms with Gasteiger partial charge in [-0.2, -0.15) is 8.62 Å². The van der Waals surface area contributed by atoms with E-state index in [1.807, 2.05) is 60.7 Å². The second kappa shape index (κ2) is 35.7. The van der Waals surface area contributed by atoms with Crippen LogP contribution in [0.5, 0.6) is 11.5 Å². The highest BCUT2D eigenvalue weighted by Gasteiger charge is 2.42. The summed E-state index contributed by atoms with van der Waals surface area (Å²) in [5.74, 6) is 0.569. The maximum atomic E-state index is 13.0. The number of aromatic amines is 1. The summed E-state index contributed by atoms with van der Waals surface area (Å²) in [4.78, 5) is 114. The molecule has 2 aromatic carbocycles. The lowest BCUT2D eigenvalue weighted by Crippen LogP contribution is -2.38. The molecule has 1 aliphatic carbocycles. The number of rotatable bonds is 40. The van der Waals surface area contributed by atoms with Gasteiger partial charge in [-0.3, -0.25) is 38.0 Å². The van der Waals surface area contributed by atoms with E-state index in [9.17, 15) is 57.4 Å². The number of benzene rings is 2. The van der Waals surface area contributed by atoms with E-state index < -0.39 is 65.4 Å². The van der Waals surface area contributed by atoms with Crippen LogP contribution in [-0.4, -0.2) is 117 Å². The van der Waals surface area contributed by atoms with Crippen LogP contribution in [0, 0.1) is 0 Å². The van der Waals surface area contributed by atoms with Crippen molar-refractivity contribution in [1.82, 2.24) is 30.8 Å². The van der Waals surface area contributed by atoms with Crippen LogP contribution in [-0.2, 0) is 67.5 Å². The predicted octanol–water partition coefficient (Wildman–Crippen LogP) is 6.01. The fourth-order valence-corrected chi connectivity index (χ4v) is 11.8. The first kappa shape index (κ1) is 71.6. The molecule has 1 aliphatic rings. The minimum atomic E-state index is -5.81. The Morgan fingerprint density at radius 2 is 1.29 bits per heavy atom. The van der Waals surface area contributed by atoms with Crippen LogP contribution in [0.4, 0.5) is 0 Å². The summed E-state index contributed by atoms with van der Waals surface area (Å²) in [6.07, 6.45) is 11.7. The number of amides is 4. The number of phosphoric ester groups is 1. The number of aliphatic hydroxyl groups is 1. The number of ether oxygens (including phenoxy) is 4. The molecule has 3 aromatic rings.